The molecule has 0 aliphatic rings. The van der Waals surface area contributed by atoms with Gasteiger partial charge in [-0.15, -0.1) is 0 Å². The summed E-state index contributed by atoms with van der Waals surface area (Å²) in [5, 5.41) is 1.52. The highest BCUT2D eigenvalue weighted by molar-refractivity contribution is 14.1. The Hall–Kier alpha value is -0.750. The third kappa shape index (κ3) is 2.28. The Kier molecular flexibility index (Phi) is 3.63. The first kappa shape index (κ1) is 12.7. The van der Waals surface area contributed by atoms with Gasteiger partial charge in [0.05, 0.1) is 17.1 Å². The van der Waals surface area contributed by atoms with E-state index in [9.17, 15) is 4.79 Å². The molecule has 0 unspecified atom stereocenters. The molecule has 0 fully saturated rings. The highest BCUT2D eigenvalue weighted by Crippen LogP contribution is 2.29. The van der Waals surface area contributed by atoms with E-state index in [-0.39, 0.29) is 5.97 Å². The van der Waals surface area contributed by atoms with E-state index in [2.05, 4.69) is 22.6 Å². The van der Waals surface area contributed by atoms with Crippen LogP contribution in [0.5, 0.6) is 0 Å². The molecule has 0 saturated heterocycles. The fraction of sp³-hybridized carbons (Fsp3) is 0.250. The molecule has 1 heterocycles. The van der Waals surface area contributed by atoms with E-state index in [1.165, 1.54) is 0 Å². The number of benzene rings is 1. The van der Waals surface area contributed by atoms with Crippen molar-refractivity contribution in [2.45, 2.75) is 6.92 Å². The maximum atomic E-state index is 11.7. The lowest BCUT2D eigenvalue weighted by Gasteiger charge is -2.03. The van der Waals surface area contributed by atoms with Crippen molar-refractivity contribution in [3.8, 4) is 0 Å². The molecule has 90 valence electrons. The van der Waals surface area contributed by atoms with Crippen LogP contribution in [0.4, 0.5) is 0 Å². The molecular formula is C12H11ClINO2. The van der Waals surface area contributed by atoms with Crippen LogP contribution in [0.3, 0.4) is 0 Å². The van der Waals surface area contributed by atoms with Crippen LogP contribution in [-0.4, -0.2) is 17.1 Å². The average molecular weight is 364 g/mol. The van der Waals surface area contributed by atoms with Gasteiger partial charge in [-0.25, -0.2) is 4.79 Å². The molecule has 3 nitrogen and oxygen atoms in total. The van der Waals surface area contributed by atoms with E-state index >= 15 is 0 Å². The van der Waals surface area contributed by atoms with Crippen LogP contribution in [0.25, 0.3) is 10.9 Å². The van der Waals surface area contributed by atoms with Gasteiger partial charge in [0, 0.05) is 16.0 Å². The summed E-state index contributed by atoms with van der Waals surface area (Å²) in [4.78, 5) is 11.7. The zero-order valence-electron chi connectivity index (χ0n) is 9.46. The molecular weight excluding hydrogens is 352 g/mol. The molecule has 0 bridgehead atoms. The van der Waals surface area contributed by atoms with Gasteiger partial charge in [0.15, 0.2) is 0 Å². The third-order valence-corrected chi connectivity index (χ3v) is 3.50. The summed E-state index contributed by atoms with van der Waals surface area (Å²) in [5.41, 5.74) is 1.45. The number of rotatable bonds is 2. The SMILES string of the molecule is CCOC(=O)c1cc2c(Cl)cc(I)cc2n1C. The smallest absolute Gasteiger partial charge is 0.354 e. The molecule has 0 saturated carbocycles. The van der Waals surface area contributed by atoms with Crippen LogP contribution in [0.2, 0.25) is 5.02 Å². The zero-order chi connectivity index (χ0) is 12.6. The minimum atomic E-state index is -0.322. The monoisotopic (exact) mass is 363 g/mol. The first-order valence-electron chi connectivity index (χ1n) is 5.16. The lowest BCUT2D eigenvalue weighted by Crippen LogP contribution is -2.09. The van der Waals surface area contributed by atoms with Crippen LogP contribution < -0.4 is 0 Å². The number of esters is 1. The topological polar surface area (TPSA) is 31.2 Å². The average Bonchev–Trinajstić information content (AvgIpc) is 2.57. The van der Waals surface area contributed by atoms with E-state index < -0.39 is 0 Å². The summed E-state index contributed by atoms with van der Waals surface area (Å²) >= 11 is 8.36. The molecule has 1 aromatic carbocycles. The molecule has 0 atom stereocenters. The Morgan fingerprint density at radius 3 is 2.82 bits per heavy atom. The van der Waals surface area contributed by atoms with Gasteiger partial charge < -0.3 is 9.30 Å². The second-order valence-electron chi connectivity index (χ2n) is 3.63. The summed E-state index contributed by atoms with van der Waals surface area (Å²) in [6.07, 6.45) is 0. The maximum Gasteiger partial charge on any atom is 0.354 e. The molecule has 5 heteroatoms. The number of ether oxygens (including phenoxy) is 1. The quantitative estimate of drug-likeness (QED) is 0.603. The van der Waals surface area contributed by atoms with Crippen molar-refractivity contribution >= 4 is 51.1 Å². The van der Waals surface area contributed by atoms with Gasteiger partial charge in [-0.3, -0.25) is 0 Å². The Bertz CT molecular complexity index is 592. The van der Waals surface area contributed by atoms with Crippen LogP contribution in [0.1, 0.15) is 17.4 Å². The van der Waals surface area contributed by atoms with Gasteiger partial charge in [0.25, 0.3) is 0 Å². The number of nitrogens with zero attached hydrogens (tertiary/aromatic N) is 1. The van der Waals surface area contributed by atoms with Crippen molar-refractivity contribution in [3.05, 3.63) is 32.5 Å². The molecule has 0 amide bonds. The van der Waals surface area contributed by atoms with Crippen molar-refractivity contribution in [3.63, 3.8) is 0 Å². The fourth-order valence-corrected chi connectivity index (χ4v) is 2.82. The minimum Gasteiger partial charge on any atom is -0.461 e. The lowest BCUT2D eigenvalue weighted by atomic mass is 10.2. The number of aryl methyl sites for hydroxylation is 1. The predicted molar refractivity (Wildman–Crippen MR) is 76.6 cm³/mol. The minimum absolute atomic E-state index is 0.322. The number of fused-ring (bicyclic) bond motifs is 1. The number of carbonyl (C=O) groups excluding carboxylic acids is 1. The third-order valence-electron chi connectivity index (χ3n) is 2.56. The highest BCUT2D eigenvalue weighted by atomic mass is 127. The molecule has 2 aromatic rings. The molecule has 2 rings (SSSR count). The first-order valence-corrected chi connectivity index (χ1v) is 6.62. The molecule has 0 spiro atoms. The zero-order valence-corrected chi connectivity index (χ0v) is 12.4. The molecule has 1 aromatic heterocycles. The molecule has 0 radical (unpaired) electrons. The molecule has 17 heavy (non-hydrogen) atoms. The van der Waals surface area contributed by atoms with Crippen LogP contribution >= 0.6 is 34.2 Å². The lowest BCUT2D eigenvalue weighted by molar-refractivity contribution is 0.0516. The standard InChI is InChI=1S/C12H11ClINO2/c1-3-17-12(16)11-6-8-9(13)4-7(14)5-10(8)15(11)2/h4-6H,3H2,1-2H3. The number of aromatic nitrogens is 1. The van der Waals surface area contributed by atoms with Gasteiger partial charge in [-0.05, 0) is 47.7 Å². The maximum absolute atomic E-state index is 11.7. The second kappa shape index (κ2) is 4.86. The Morgan fingerprint density at radius 2 is 2.18 bits per heavy atom. The van der Waals surface area contributed by atoms with Crippen molar-refractivity contribution < 1.29 is 9.53 Å². The fourth-order valence-electron chi connectivity index (χ4n) is 1.76. The first-order chi connectivity index (χ1) is 8.04. The summed E-state index contributed by atoms with van der Waals surface area (Å²) in [6, 6.07) is 5.63. The predicted octanol–water partition coefficient (Wildman–Crippen LogP) is 3.61. The normalized spacial score (nSPS) is 10.8. The van der Waals surface area contributed by atoms with Gasteiger partial charge in [-0.1, -0.05) is 11.6 Å². The number of hydrogen-bond acceptors (Lipinski definition) is 2. The summed E-state index contributed by atoms with van der Waals surface area (Å²) < 4.78 is 7.85. The largest absolute Gasteiger partial charge is 0.461 e. The second-order valence-corrected chi connectivity index (χ2v) is 5.28. The van der Waals surface area contributed by atoms with E-state index in [1.807, 2.05) is 19.2 Å². The van der Waals surface area contributed by atoms with Gasteiger partial charge in [0.1, 0.15) is 5.69 Å². The van der Waals surface area contributed by atoms with Gasteiger partial charge >= 0.3 is 5.97 Å². The molecule has 0 aliphatic carbocycles. The van der Waals surface area contributed by atoms with Crippen molar-refractivity contribution in [1.82, 2.24) is 4.57 Å². The van der Waals surface area contributed by atoms with Gasteiger partial charge in [-0.2, -0.15) is 0 Å². The van der Waals surface area contributed by atoms with Gasteiger partial charge in [0.2, 0.25) is 0 Å². The van der Waals surface area contributed by atoms with Crippen LogP contribution in [-0.2, 0) is 11.8 Å². The van der Waals surface area contributed by atoms with Crippen molar-refractivity contribution in [2.24, 2.45) is 7.05 Å². The van der Waals surface area contributed by atoms with E-state index in [4.69, 9.17) is 16.3 Å². The van der Waals surface area contributed by atoms with Crippen molar-refractivity contribution in [2.75, 3.05) is 6.61 Å². The van der Waals surface area contributed by atoms with Crippen LogP contribution in [0.15, 0.2) is 18.2 Å². The highest BCUT2D eigenvalue weighted by Gasteiger charge is 2.16. The van der Waals surface area contributed by atoms with E-state index in [0.717, 1.165) is 14.5 Å². The summed E-state index contributed by atoms with van der Waals surface area (Å²) in [7, 11) is 1.83. The number of halogens is 2. The molecule has 0 aliphatic heterocycles. The Morgan fingerprint density at radius 1 is 1.47 bits per heavy atom. The van der Waals surface area contributed by atoms with E-state index in [1.54, 1.807) is 17.6 Å². The molecule has 0 N–H and O–H groups in total. The Labute approximate surface area is 118 Å². The Balaban J connectivity index is 2.64. The number of carbonyl (C=O) groups is 1. The van der Waals surface area contributed by atoms with Crippen molar-refractivity contribution in [1.29, 1.82) is 0 Å². The van der Waals surface area contributed by atoms with E-state index in [0.29, 0.717) is 17.3 Å². The summed E-state index contributed by atoms with van der Waals surface area (Å²) in [5.74, 6) is -0.322. The number of hydrogen-bond donors (Lipinski definition) is 0. The van der Waals surface area contributed by atoms with Crippen LogP contribution in [0, 0.1) is 3.57 Å². The summed E-state index contributed by atoms with van der Waals surface area (Å²) in [6.45, 7) is 2.15.